The molecule has 0 amide bonds. The minimum atomic E-state index is 0.801. The topological polar surface area (TPSA) is 26.2 Å². The molecular weight excluding hydrogens is 260 g/mol. The second-order valence-corrected chi connectivity index (χ2v) is 4.98. The molecule has 21 heavy (non-hydrogen) atoms. The summed E-state index contributed by atoms with van der Waals surface area (Å²) in [7, 11) is 2.03. The quantitative estimate of drug-likeness (QED) is 0.747. The van der Waals surface area contributed by atoms with Crippen molar-refractivity contribution in [2.75, 3.05) is 5.32 Å². The molecule has 0 aliphatic rings. The molecule has 3 heteroatoms. The first-order valence-electron chi connectivity index (χ1n) is 6.97. The van der Waals surface area contributed by atoms with Gasteiger partial charge in [-0.1, -0.05) is 24.3 Å². The standard InChI is InChI=1S/C18H18N2O/c1-20-11-10-15(14-20)13-19-16-6-5-9-18(12-16)21-17-7-3-2-4-8-17/h2-12,14,19H,13H2,1H3. The molecule has 0 spiro atoms. The van der Waals surface area contributed by atoms with E-state index in [1.807, 2.05) is 72.4 Å². The number of anilines is 1. The van der Waals surface area contributed by atoms with Gasteiger partial charge in [-0.25, -0.2) is 0 Å². The molecule has 0 aliphatic heterocycles. The molecule has 0 fully saturated rings. The number of benzene rings is 2. The van der Waals surface area contributed by atoms with Crippen molar-refractivity contribution in [2.24, 2.45) is 7.05 Å². The first-order valence-corrected chi connectivity index (χ1v) is 6.97. The summed E-state index contributed by atoms with van der Waals surface area (Å²) in [6.07, 6.45) is 4.16. The van der Waals surface area contributed by atoms with E-state index in [4.69, 9.17) is 4.74 Å². The van der Waals surface area contributed by atoms with Gasteiger partial charge in [0.2, 0.25) is 0 Å². The van der Waals surface area contributed by atoms with E-state index in [-0.39, 0.29) is 0 Å². The highest BCUT2D eigenvalue weighted by Gasteiger charge is 2.00. The van der Waals surface area contributed by atoms with E-state index in [1.54, 1.807) is 0 Å². The van der Waals surface area contributed by atoms with E-state index >= 15 is 0 Å². The van der Waals surface area contributed by atoms with Crippen molar-refractivity contribution in [3.05, 3.63) is 78.6 Å². The second kappa shape index (κ2) is 6.18. The molecule has 0 bridgehead atoms. The summed E-state index contributed by atoms with van der Waals surface area (Å²) in [5.41, 5.74) is 2.30. The fourth-order valence-electron chi connectivity index (χ4n) is 2.16. The summed E-state index contributed by atoms with van der Waals surface area (Å²) in [6, 6.07) is 19.9. The zero-order valence-corrected chi connectivity index (χ0v) is 12.0. The number of rotatable bonds is 5. The normalized spacial score (nSPS) is 10.3. The predicted molar refractivity (Wildman–Crippen MR) is 85.7 cm³/mol. The van der Waals surface area contributed by atoms with Crippen molar-refractivity contribution in [3.8, 4) is 11.5 Å². The van der Waals surface area contributed by atoms with Gasteiger partial charge >= 0.3 is 0 Å². The second-order valence-electron chi connectivity index (χ2n) is 4.98. The first kappa shape index (κ1) is 13.3. The van der Waals surface area contributed by atoms with Gasteiger partial charge in [-0.05, 0) is 35.9 Å². The van der Waals surface area contributed by atoms with Gasteiger partial charge in [0.05, 0.1) is 0 Å². The van der Waals surface area contributed by atoms with Crippen molar-refractivity contribution in [1.29, 1.82) is 0 Å². The van der Waals surface area contributed by atoms with Crippen LogP contribution in [0.4, 0.5) is 5.69 Å². The van der Waals surface area contributed by atoms with Crippen molar-refractivity contribution < 1.29 is 4.74 Å². The first-order chi connectivity index (χ1) is 10.3. The molecule has 1 N–H and O–H groups in total. The number of para-hydroxylation sites is 1. The van der Waals surface area contributed by atoms with E-state index in [0.29, 0.717) is 0 Å². The van der Waals surface area contributed by atoms with Crippen molar-refractivity contribution >= 4 is 5.69 Å². The Morgan fingerprint density at radius 1 is 0.952 bits per heavy atom. The average Bonchev–Trinajstić information content (AvgIpc) is 2.92. The fraction of sp³-hybridized carbons (Fsp3) is 0.111. The molecule has 2 aromatic carbocycles. The van der Waals surface area contributed by atoms with Gasteiger partial charge in [0.25, 0.3) is 0 Å². The largest absolute Gasteiger partial charge is 0.457 e. The molecule has 3 aromatic rings. The van der Waals surface area contributed by atoms with Gasteiger partial charge < -0.3 is 14.6 Å². The Kier molecular flexibility index (Phi) is 3.92. The summed E-state index contributed by atoms with van der Waals surface area (Å²) in [4.78, 5) is 0. The van der Waals surface area contributed by atoms with Crippen LogP contribution in [-0.4, -0.2) is 4.57 Å². The molecule has 106 valence electrons. The van der Waals surface area contributed by atoms with Gasteiger partial charge in [0.1, 0.15) is 11.5 Å². The monoisotopic (exact) mass is 278 g/mol. The molecule has 1 heterocycles. The van der Waals surface area contributed by atoms with Crippen LogP contribution in [0, 0.1) is 0 Å². The summed E-state index contributed by atoms with van der Waals surface area (Å²) in [5.74, 6) is 1.68. The molecule has 0 unspecified atom stereocenters. The van der Waals surface area contributed by atoms with Crippen LogP contribution in [0.5, 0.6) is 11.5 Å². The summed E-state index contributed by atoms with van der Waals surface area (Å²) in [6.45, 7) is 0.801. The average molecular weight is 278 g/mol. The van der Waals surface area contributed by atoms with Crippen LogP contribution < -0.4 is 10.1 Å². The third kappa shape index (κ3) is 3.66. The van der Waals surface area contributed by atoms with Crippen LogP contribution in [0.15, 0.2) is 73.1 Å². The summed E-state index contributed by atoms with van der Waals surface area (Å²) in [5, 5.41) is 3.41. The highest BCUT2D eigenvalue weighted by molar-refractivity contribution is 5.49. The van der Waals surface area contributed by atoms with E-state index in [2.05, 4.69) is 17.6 Å². The van der Waals surface area contributed by atoms with Crippen molar-refractivity contribution in [2.45, 2.75) is 6.54 Å². The molecular formula is C18H18N2O. The fourth-order valence-corrected chi connectivity index (χ4v) is 2.16. The Balaban J connectivity index is 1.65. The maximum Gasteiger partial charge on any atom is 0.129 e. The lowest BCUT2D eigenvalue weighted by atomic mass is 10.2. The maximum absolute atomic E-state index is 5.83. The third-order valence-corrected chi connectivity index (χ3v) is 3.20. The molecule has 0 saturated carbocycles. The number of ether oxygens (including phenoxy) is 1. The van der Waals surface area contributed by atoms with Crippen LogP contribution >= 0.6 is 0 Å². The van der Waals surface area contributed by atoms with E-state index in [9.17, 15) is 0 Å². The molecule has 3 nitrogen and oxygen atoms in total. The summed E-state index contributed by atoms with van der Waals surface area (Å²) >= 11 is 0. The van der Waals surface area contributed by atoms with Crippen LogP contribution in [-0.2, 0) is 13.6 Å². The van der Waals surface area contributed by atoms with E-state index < -0.39 is 0 Å². The van der Waals surface area contributed by atoms with E-state index in [1.165, 1.54) is 5.56 Å². The molecule has 0 radical (unpaired) electrons. The molecule has 0 saturated heterocycles. The molecule has 1 aromatic heterocycles. The van der Waals surface area contributed by atoms with Gasteiger partial charge in [-0.2, -0.15) is 0 Å². The predicted octanol–water partition coefficient (Wildman–Crippen LogP) is 4.43. The Morgan fingerprint density at radius 3 is 2.52 bits per heavy atom. The minimum Gasteiger partial charge on any atom is -0.457 e. The third-order valence-electron chi connectivity index (χ3n) is 3.20. The van der Waals surface area contributed by atoms with Gasteiger partial charge in [-0.15, -0.1) is 0 Å². The number of aromatic nitrogens is 1. The van der Waals surface area contributed by atoms with Crippen molar-refractivity contribution in [3.63, 3.8) is 0 Å². The van der Waals surface area contributed by atoms with Gasteiger partial charge in [0, 0.05) is 37.7 Å². The lowest BCUT2D eigenvalue weighted by molar-refractivity contribution is 0.483. The number of hydrogen-bond donors (Lipinski definition) is 1. The summed E-state index contributed by atoms with van der Waals surface area (Å²) < 4.78 is 7.88. The number of hydrogen-bond acceptors (Lipinski definition) is 2. The lowest BCUT2D eigenvalue weighted by Crippen LogP contribution is -1.98. The number of aryl methyl sites for hydroxylation is 1. The van der Waals surface area contributed by atoms with Crippen LogP contribution in [0.25, 0.3) is 0 Å². The number of nitrogens with one attached hydrogen (secondary N) is 1. The Bertz CT molecular complexity index is 704. The number of nitrogens with zero attached hydrogens (tertiary/aromatic N) is 1. The van der Waals surface area contributed by atoms with Crippen LogP contribution in [0.2, 0.25) is 0 Å². The van der Waals surface area contributed by atoms with Crippen LogP contribution in [0.1, 0.15) is 5.56 Å². The van der Waals surface area contributed by atoms with Crippen LogP contribution in [0.3, 0.4) is 0 Å². The smallest absolute Gasteiger partial charge is 0.129 e. The molecule has 3 rings (SSSR count). The Hall–Kier alpha value is -2.68. The lowest BCUT2D eigenvalue weighted by Gasteiger charge is -2.09. The maximum atomic E-state index is 5.83. The highest BCUT2D eigenvalue weighted by atomic mass is 16.5. The minimum absolute atomic E-state index is 0.801. The molecule has 0 atom stereocenters. The Labute approximate surface area is 124 Å². The molecule has 0 aliphatic carbocycles. The highest BCUT2D eigenvalue weighted by Crippen LogP contribution is 2.24. The van der Waals surface area contributed by atoms with Gasteiger partial charge in [-0.3, -0.25) is 0 Å². The zero-order chi connectivity index (χ0) is 14.5. The van der Waals surface area contributed by atoms with Crippen molar-refractivity contribution in [1.82, 2.24) is 4.57 Å². The zero-order valence-electron chi connectivity index (χ0n) is 12.0. The van der Waals surface area contributed by atoms with Gasteiger partial charge in [0.15, 0.2) is 0 Å². The Morgan fingerprint density at radius 2 is 1.76 bits per heavy atom. The van der Waals surface area contributed by atoms with E-state index in [0.717, 1.165) is 23.7 Å². The SMILES string of the molecule is Cn1ccc(CNc2cccc(Oc3ccccc3)c2)c1.